The summed E-state index contributed by atoms with van der Waals surface area (Å²) >= 11 is 0. The van der Waals surface area contributed by atoms with Crippen LogP contribution in [0.2, 0.25) is 0 Å². The predicted octanol–water partition coefficient (Wildman–Crippen LogP) is 3.28. The van der Waals surface area contributed by atoms with Crippen molar-refractivity contribution in [1.82, 2.24) is 15.1 Å². The van der Waals surface area contributed by atoms with Gasteiger partial charge in [0.25, 0.3) is 5.89 Å². The molecule has 0 aliphatic carbocycles. The molecular weight excluding hydrogens is 266 g/mol. The Morgan fingerprint density at radius 3 is 3.05 bits per heavy atom. The summed E-state index contributed by atoms with van der Waals surface area (Å²) in [5.41, 5.74) is 3.27. The van der Waals surface area contributed by atoms with Gasteiger partial charge in [-0.05, 0) is 24.5 Å². The third-order valence-electron chi connectivity index (χ3n) is 4.12. The molecule has 2 aromatic heterocycles. The van der Waals surface area contributed by atoms with E-state index in [4.69, 9.17) is 9.26 Å². The van der Waals surface area contributed by atoms with Gasteiger partial charge in [-0.2, -0.15) is 4.98 Å². The maximum Gasteiger partial charge on any atom is 0.274 e. The molecule has 0 unspecified atom stereocenters. The molecule has 0 amide bonds. The Kier molecular flexibility index (Phi) is 3.00. The maximum atomic E-state index is 5.49. The van der Waals surface area contributed by atoms with E-state index >= 15 is 0 Å². The van der Waals surface area contributed by atoms with Crippen molar-refractivity contribution in [3.8, 4) is 11.6 Å². The first kappa shape index (κ1) is 12.6. The molecule has 5 heteroatoms. The zero-order valence-electron chi connectivity index (χ0n) is 11.9. The number of nitrogens with one attached hydrogen (secondary N) is 1. The maximum absolute atomic E-state index is 5.49. The number of aromatic nitrogens is 3. The number of nitrogens with zero attached hydrogens (tertiary/aromatic N) is 2. The molecule has 21 heavy (non-hydrogen) atoms. The molecule has 4 rings (SSSR count). The first-order valence-electron chi connectivity index (χ1n) is 7.38. The van der Waals surface area contributed by atoms with E-state index in [0.29, 0.717) is 12.5 Å². The second-order valence-corrected chi connectivity index (χ2v) is 5.40. The Bertz CT molecular complexity index is 769. The molecule has 1 aliphatic rings. The van der Waals surface area contributed by atoms with Crippen molar-refractivity contribution in [1.29, 1.82) is 0 Å². The topological polar surface area (TPSA) is 63.9 Å². The number of aromatic amines is 1. The molecule has 1 fully saturated rings. The Hall–Kier alpha value is -2.14. The van der Waals surface area contributed by atoms with Crippen molar-refractivity contribution < 1.29 is 9.26 Å². The second-order valence-electron chi connectivity index (χ2n) is 5.40. The van der Waals surface area contributed by atoms with E-state index in [1.165, 1.54) is 10.9 Å². The molecule has 0 bridgehead atoms. The second kappa shape index (κ2) is 5.00. The van der Waals surface area contributed by atoms with Gasteiger partial charge in [0.1, 0.15) is 5.69 Å². The van der Waals surface area contributed by atoms with Crippen LogP contribution in [-0.2, 0) is 11.2 Å². The van der Waals surface area contributed by atoms with Crippen LogP contribution in [0, 0.1) is 0 Å². The molecule has 3 heterocycles. The van der Waals surface area contributed by atoms with E-state index < -0.39 is 0 Å². The first-order valence-corrected chi connectivity index (χ1v) is 7.38. The number of rotatable bonds is 3. The van der Waals surface area contributed by atoms with Crippen LogP contribution in [0.15, 0.2) is 28.8 Å². The molecule has 1 atom stereocenters. The van der Waals surface area contributed by atoms with Gasteiger partial charge in [-0.25, -0.2) is 0 Å². The fourth-order valence-corrected chi connectivity index (χ4v) is 2.99. The number of para-hydroxylation sites is 1. The van der Waals surface area contributed by atoms with Crippen LogP contribution in [0.5, 0.6) is 0 Å². The molecule has 5 nitrogen and oxygen atoms in total. The molecular formula is C16H17N3O2. The highest BCUT2D eigenvalue weighted by atomic mass is 16.5. The molecule has 1 N–H and O–H groups in total. The summed E-state index contributed by atoms with van der Waals surface area (Å²) in [4.78, 5) is 7.99. The lowest BCUT2D eigenvalue weighted by atomic mass is 10.1. The van der Waals surface area contributed by atoms with Crippen molar-refractivity contribution in [2.45, 2.75) is 25.7 Å². The molecule has 0 saturated carbocycles. The van der Waals surface area contributed by atoms with Gasteiger partial charge in [0.15, 0.2) is 5.82 Å². The normalized spacial score (nSPS) is 18.6. The van der Waals surface area contributed by atoms with Crippen LogP contribution >= 0.6 is 0 Å². The van der Waals surface area contributed by atoms with E-state index in [-0.39, 0.29) is 5.92 Å². The fraction of sp³-hybridized carbons (Fsp3) is 0.375. The van der Waals surface area contributed by atoms with Gasteiger partial charge in [0, 0.05) is 23.4 Å². The van der Waals surface area contributed by atoms with E-state index in [0.717, 1.165) is 36.5 Å². The minimum absolute atomic E-state index is 0.261. The van der Waals surface area contributed by atoms with Crippen LogP contribution in [0.4, 0.5) is 0 Å². The highest BCUT2D eigenvalue weighted by Gasteiger charge is 2.24. The molecule has 1 aliphatic heterocycles. The van der Waals surface area contributed by atoms with Gasteiger partial charge < -0.3 is 14.2 Å². The summed E-state index contributed by atoms with van der Waals surface area (Å²) in [6.45, 7) is 3.61. The highest BCUT2D eigenvalue weighted by molar-refractivity contribution is 5.89. The van der Waals surface area contributed by atoms with E-state index in [9.17, 15) is 0 Å². The third kappa shape index (κ3) is 2.05. The van der Waals surface area contributed by atoms with Gasteiger partial charge in [-0.1, -0.05) is 30.3 Å². The minimum atomic E-state index is 0.261. The van der Waals surface area contributed by atoms with E-state index in [1.54, 1.807) is 0 Å². The average molecular weight is 283 g/mol. The van der Waals surface area contributed by atoms with Crippen molar-refractivity contribution in [3.63, 3.8) is 0 Å². The summed E-state index contributed by atoms with van der Waals surface area (Å²) in [6.07, 6.45) is 1.88. The standard InChI is InChI=1S/C16H17N3O2/c1-2-11-12-5-3-4-6-13(12)17-14(11)16-18-15(19-21-16)10-7-8-20-9-10/h3-6,10,17H,2,7-9H2,1H3/t10-/m0/s1. The van der Waals surface area contributed by atoms with Gasteiger partial charge in [-0.3, -0.25) is 0 Å². The van der Waals surface area contributed by atoms with Crippen LogP contribution in [0.1, 0.15) is 30.7 Å². The largest absolute Gasteiger partial charge is 0.381 e. The smallest absolute Gasteiger partial charge is 0.274 e. The van der Waals surface area contributed by atoms with Crippen LogP contribution in [0.3, 0.4) is 0 Å². The van der Waals surface area contributed by atoms with Crippen molar-refractivity contribution in [2.75, 3.05) is 13.2 Å². The number of benzene rings is 1. The van der Waals surface area contributed by atoms with Gasteiger partial charge in [-0.15, -0.1) is 0 Å². The lowest BCUT2D eigenvalue weighted by molar-refractivity contribution is 0.192. The van der Waals surface area contributed by atoms with Gasteiger partial charge in [0.05, 0.1) is 6.61 Å². The Morgan fingerprint density at radius 1 is 1.33 bits per heavy atom. The van der Waals surface area contributed by atoms with Crippen molar-refractivity contribution >= 4 is 10.9 Å². The average Bonchev–Trinajstić information content (AvgIpc) is 3.24. The summed E-state index contributed by atoms with van der Waals surface area (Å²) in [5, 5.41) is 5.36. The van der Waals surface area contributed by atoms with Gasteiger partial charge in [0.2, 0.25) is 0 Å². The monoisotopic (exact) mass is 283 g/mol. The highest BCUT2D eigenvalue weighted by Crippen LogP contribution is 2.31. The number of fused-ring (bicyclic) bond motifs is 1. The Morgan fingerprint density at radius 2 is 2.24 bits per heavy atom. The zero-order valence-corrected chi connectivity index (χ0v) is 11.9. The number of ether oxygens (including phenoxy) is 1. The quantitative estimate of drug-likeness (QED) is 0.801. The van der Waals surface area contributed by atoms with Crippen LogP contribution in [-0.4, -0.2) is 28.3 Å². The number of aryl methyl sites for hydroxylation is 1. The van der Waals surface area contributed by atoms with Crippen molar-refractivity contribution in [2.24, 2.45) is 0 Å². The molecule has 1 saturated heterocycles. The first-order chi connectivity index (χ1) is 10.4. The fourth-order valence-electron chi connectivity index (χ4n) is 2.99. The summed E-state index contributed by atoms with van der Waals surface area (Å²) < 4.78 is 10.9. The molecule has 108 valence electrons. The van der Waals surface area contributed by atoms with Crippen LogP contribution in [0.25, 0.3) is 22.5 Å². The molecule has 3 aromatic rings. The summed E-state index contributed by atoms with van der Waals surface area (Å²) in [7, 11) is 0. The van der Waals surface area contributed by atoms with E-state index in [1.807, 2.05) is 12.1 Å². The number of hydrogen-bond donors (Lipinski definition) is 1. The third-order valence-corrected chi connectivity index (χ3v) is 4.12. The molecule has 1 aromatic carbocycles. The Labute approximate surface area is 122 Å². The van der Waals surface area contributed by atoms with E-state index in [2.05, 4.69) is 34.2 Å². The number of hydrogen-bond acceptors (Lipinski definition) is 4. The minimum Gasteiger partial charge on any atom is -0.381 e. The summed E-state index contributed by atoms with van der Waals surface area (Å²) in [6, 6.07) is 8.27. The zero-order chi connectivity index (χ0) is 14.2. The lowest BCUT2D eigenvalue weighted by Gasteiger charge is -1.98. The van der Waals surface area contributed by atoms with Gasteiger partial charge >= 0.3 is 0 Å². The molecule has 0 radical (unpaired) electrons. The Balaban J connectivity index is 1.79. The lowest BCUT2D eigenvalue weighted by Crippen LogP contribution is -1.99. The van der Waals surface area contributed by atoms with Crippen molar-refractivity contribution in [3.05, 3.63) is 35.7 Å². The predicted molar refractivity (Wildman–Crippen MR) is 79.1 cm³/mol. The SMILES string of the molecule is CCc1c(-c2nc([C@H]3CCOC3)no2)[nH]c2ccccc12. The van der Waals surface area contributed by atoms with Crippen LogP contribution < -0.4 is 0 Å². The number of H-pyrrole nitrogens is 1. The molecule has 0 spiro atoms. The summed E-state index contributed by atoms with van der Waals surface area (Å²) in [5.74, 6) is 1.59.